The van der Waals surface area contributed by atoms with E-state index in [1.165, 1.54) is 5.69 Å². The number of hydrogen-bond acceptors (Lipinski definition) is 1. The fraction of sp³-hybridized carbons (Fsp3) is 0.400. The van der Waals surface area contributed by atoms with Gasteiger partial charge in [0, 0.05) is 24.9 Å². The van der Waals surface area contributed by atoms with Crippen LogP contribution in [0.4, 0.5) is 0 Å². The summed E-state index contributed by atoms with van der Waals surface area (Å²) in [6.07, 6.45) is 8.96. The highest BCUT2D eigenvalue weighted by molar-refractivity contribution is 5.02. The quantitative estimate of drug-likeness (QED) is 0.498. The maximum Gasteiger partial charge on any atom is 0.0357 e. The number of aromatic amines is 1. The summed E-state index contributed by atoms with van der Waals surface area (Å²) in [6, 6.07) is 4.06. The average molecular weight is 162 g/mol. The molecule has 0 aliphatic carbocycles. The summed E-state index contributed by atoms with van der Waals surface area (Å²) in [7, 11) is 0. The Morgan fingerprint density at radius 1 is 1.58 bits per heavy atom. The van der Waals surface area contributed by atoms with E-state index in [2.05, 4.69) is 22.3 Å². The van der Waals surface area contributed by atoms with E-state index in [-0.39, 0.29) is 0 Å². The first-order valence-corrected chi connectivity index (χ1v) is 4.20. The standard InChI is InChI=1S/C10H14N2/c1-2-3-4-7-11-9-10-6-5-8-12-10/h1,5-6,8,11-12H,3-4,7,9H2. The molecule has 0 fully saturated rings. The van der Waals surface area contributed by atoms with E-state index < -0.39 is 0 Å². The van der Waals surface area contributed by atoms with Crippen LogP contribution in [-0.2, 0) is 6.54 Å². The second-order valence-electron chi connectivity index (χ2n) is 2.68. The molecule has 2 nitrogen and oxygen atoms in total. The Kier molecular flexibility index (Phi) is 4.04. The van der Waals surface area contributed by atoms with Gasteiger partial charge in [0.1, 0.15) is 0 Å². The lowest BCUT2D eigenvalue weighted by molar-refractivity contribution is 0.651. The molecular formula is C10H14N2. The Morgan fingerprint density at radius 2 is 2.50 bits per heavy atom. The van der Waals surface area contributed by atoms with Crippen LogP contribution in [0.2, 0.25) is 0 Å². The van der Waals surface area contributed by atoms with Crippen molar-refractivity contribution in [2.24, 2.45) is 0 Å². The molecule has 0 aliphatic rings. The molecule has 0 saturated carbocycles. The Labute approximate surface area is 73.4 Å². The van der Waals surface area contributed by atoms with Crippen molar-refractivity contribution in [2.75, 3.05) is 6.54 Å². The van der Waals surface area contributed by atoms with Crippen molar-refractivity contribution in [3.8, 4) is 12.3 Å². The van der Waals surface area contributed by atoms with Crippen LogP contribution in [-0.4, -0.2) is 11.5 Å². The topological polar surface area (TPSA) is 27.8 Å². The molecule has 0 atom stereocenters. The molecule has 0 aliphatic heterocycles. The van der Waals surface area contributed by atoms with Crippen LogP contribution >= 0.6 is 0 Å². The largest absolute Gasteiger partial charge is 0.364 e. The molecule has 0 spiro atoms. The van der Waals surface area contributed by atoms with Crippen molar-refractivity contribution in [1.29, 1.82) is 0 Å². The molecule has 2 N–H and O–H groups in total. The van der Waals surface area contributed by atoms with Gasteiger partial charge in [0.25, 0.3) is 0 Å². The zero-order valence-electron chi connectivity index (χ0n) is 7.14. The maximum atomic E-state index is 5.12. The van der Waals surface area contributed by atoms with Crippen molar-refractivity contribution in [1.82, 2.24) is 10.3 Å². The molecule has 0 amide bonds. The third kappa shape index (κ3) is 3.27. The van der Waals surface area contributed by atoms with E-state index in [1.807, 2.05) is 12.3 Å². The Hall–Kier alpha value is -1.20. The fourth-order valence-corrected chi connectivity index (χ4v) is 1.02. The highest BCUT2D eigenvalue weighted by Crippen LogP contribution is 1.93. The van der Waals surface area contributed by atoms with Crippen LogP contribution in [0.1, 0.15) is 18.5 Å². The van der Waals surface area contributed by atoms with Crippen LogP contribution in [0.15, 0.2) is 18.3 Å². The molecule has 1 aromatic rings. The SMILES string of the molecule is C#CCCCNCc1ccc[nH]1. The third-order valence-corrected chi connectivity index (χ3v) is 1.65. The number of terminal acetylenes is 1. The predicted octanol–water partition coefficient (Wildman–Crippen LogP) is 1.52. The van der Waals surface area contributed by atoms with Gasteiger partial charge in [-0.1, -0.05) is 0 Å². The van der Waals surface area contributed by atoms with Gasteiger partial charge in [0.2, 0.25) is 0 Å². The highest BCUT2D eigenvalue weighted by Gasteiger charge is 1.90. The van der Waals surface area contributed by atoms with Crippen molar-refractivity contribution in [3.63, 3.8) is 0 Å². The first-order chi connectivity index (χ1) is 5.93. The molecule has 12 heavy (non-hydrogen) atoms. The molecule has 1 aromatic heterocycles. The minimum atomic E-state index is 0.859. The zero-order chi connectivity index (χ0) is 8.65. The second kappa shape index (κ2) is 5.45. The molecule has 0 unspecified atom stereocenters. The highest BCUT2D eigenvalue weighted by atomic mass is 14.9. The molecule has 0 bridgehead atoms. The van der Waals surface area contributed by atoms with Crippen LogP contribution in [0.3, 0.4) is 0 Å². The van der Waals surface area contributed by atoms with Crippen molar-refractivity contribution >= 4 is 0 Å². The molecule has 2 heteroatoms. The van der Waals surface area contributed by atoms with E-state index in [0.29, 0.717) is 0 Å². The molecule has 0 saturated heterocycles. The van der Waals surface area contributed by atoms with Crippen LogP contribution in [0, 0.1) is 12.3 Å². The first-order valence-electron chi connectivity index (χ1n) is 4.20. The van der Waals surface area contributed by atoms with Gasteiger partial charge in [-0.3, -0.25) is 0 Å². The van der Waals surface area contributed by atoms with Crippen LogP contribution in [0.25, 0.3) is 0 Å². The normalized spacial score (nSPS) is 9.58. The van der Waals surface area contributed by atoms with E-state index in [4.69, 9.17) is 6.42 Å². The minimum Gasteiger partial charge on any atom is -0.364 e. The number of aromatic nitrogens is 1. The van der Waals surface area contributed by atoms with Gasteiger partial charge >= 0.3 is 0 Å². The van der Waals surface area contributed by atoms with E-state index >= 15 is 0 Å². The van der Waals surface area contributed by atoms with E-state index in [0.717, 1.165) is 25.9 Å². The lowest BCUT2D eigenvalue weighted by Gasteiger charge is -2.00. The molecule has 0 aromatic carbocycles. The summed E-state index contributed by atoms with van der Waals surface area (Å²) < 4.78 is 0. The van der Waals surface area contributed by atoms with Gasteiger partial charge < -0.3 is 10.3 Å². The van der Waals surface area contributed by atoms with Gasteiger partial charge in [-0.2, -0.15) is 0 Å². The third-order valence-electron chi connectivity index (χ3n) is 1.65. The fourth-order valence-electron chi connectivity index (χ4n) is 1.02. The second-order valence-corrected chi connectivity index (χ2v) is 2.68. The Bertz CT molecular complexity index is 231. The number of unbranched alkanes of at least 4 members (excludes halogenated alkanes) is 1. The average Bonchev–Trinajstić information content (AvgIpc) is 2.57. The van der Waals surface area contributed by atoms with Gasteiger partial charge in [-0.15, -0.1) is 12.3 Å². The van der Waals surface area contributed by atoms with Crippen LogP contribution < -0.4 is 5.32 Å². The summed E-state index contributed by atoms with van der Waals surface area (Å²) in [4.78, 5) is 3.13. The summed E-state index contributed by atoms with van der Waals surface area (Å²) in [5.41, 5.74) is 1.22. The molecular weight excluding hydrogens is 148 g/mol. The maximum absolute atomic E-state index is 5.12. The molecule has 1 heterocycles. The van der Waals surface area contributed by atoms with Gasteiger partial charge in [0.15, 0.2) is 0 Å². The van der Waals surface area contributed by atoms with Crippen LogP contribution in [0.5, 0.6) is 0 Å². The number of hydrogen-bond donors (Lipinski definition) is 2. The lowest BCUT2D eigenvalue weighted by atomic mass is 10.3. The number of nitrogens with one attached hydrogen (secondary N) is 2. The summed E-state index contributed by atoms with van der Waals surface area (Å²) in [6.45, 7) is 1.89. The minimum absolute atomic E-state index is 0.859. The number of rotatable bonds is 5. The van der Waals surface area contributed by atoms with Crippen molar-refractivity contribution in [2.45, 2.75) is 19.4 Å². The summed E-state index contributed by atoms with van der Waals surface area (Å²) in [5.74, 6) is 2.61. The van der Waals surface area contributed by atoms with Gasteiger partial charge in [-0.25, -0.2) is 0 Å². The summed E-state index contributed by atoms with van der Waals surface area (Å²) >= 11 is 0. The zero-order valence-corrected chi connectivity index (χ0v) is 7.14. The van der Waals surface area contributed by atoms with Gasteiger partial charge in [0.05, 0.1) is 0 Å². The van der Waals surface area contributed by atoms with E-state index in [1.54, 1.807) is 0 Å². The molecule has 0 radical (unpaired) electrons. The first kappa shape index (κ1) is 8.89. The van der Waals surface area contributed by atoms with Crippen molar-refractivity contribution in [3.05, 3.63) is 24.0 Å². The monoisotopic (exact) mass is 162 g/mol. The molecule has 1 rings (SSSR count). The Morgan fingerprint density at radius 3 is 3.17 bits per heavy atom. The molecule has 64 valence electrons. The smallest absolute Gasteiger partial charge is 0.0357 e. The Balaban J connectivity index is 2.01. The number of H-pyrrole nitrogens is 1. The van der Waals surface area contributed by atoms with Gasteiger partial charge in [-0.05, 0) is 25.1 Å². The summed E-state index contributed by atoms with van der Waals surface area (Å²) in [5, 5.41) is 3.30. The van der Waals surface area contributed by atoms with Crippen molar-refractivity contribution < 1.29 is 0 Å². The van der Waals surface area contributed by atoms with E-state index in [9.17, 15) is 0 Å². The lowest BCUT2D eigenvalue weighted by Crippen LogP contribution is -2.14. The predicted molar refractivity (Wildman–Crippen MR) is 50.6 cm³/mol.